The van der Waals surface area contributed by atoms with Crippen molar-refractivity contribution in [2.45, 2.75) is 18.7 Å². The van der Waals surface area contributed by atoms with E-state index in [4.69, 9.17) is 22.1 Å². The largest absolute Gasteiger partial charge is 0.495 e. The molecule has 0 saturated heterocycles. The minimum Gasteiger partial charge on any atom is -0.495 e. The van der Waals surface area contributed by atoms with Crippen LogP contribution in [-0.2, 0) is 17.1 Å². The molecule has 0 radical (unpaired) electrons. The van der Waals surface area contributed by atoms with Crippen molar-refractivity contribution in [1.29, 1.82) is 0 Å². The molecular weight excluding hydrogens is 436 g/mol. The monoisotopic (exact) mass is 458 g/mol. The van der Waals surface area contributed by atoms with E-state index < -0.39 is 0 Å². The SMILES string of the molecule is COc1ccccc1Nc1nc(N)nc(CSCCC(=O)NCc2ccccc2Cl)n1. The van der Waals surface area contributed by atoms with Crippen LogP contribution in [0.3, 0.4) is 0 Å². The number of para-hydroxylation sites is 2. The summed E-state index contributed by atoms with van der Waals surface area (Å²) < 4.78 is 5.32. The molecule has 1 amide bonds. The zero-order chi connectivity index (χ0) is 22.1. The number of methoxy groups -OCH3 is 1. The molecule has 0 unspecified atom stereocenters. The van der Waals surface area contributed by atoms with Crippen molar-refractivity contribution in [2.24, 2.45) is 0 Å². The fraction of sp³-hybridized carbons (Fsp3) is 0.238. The number of thioether (sulfide) groups is 1. The van der Waals surface area contributed by atoms with Gasteiger partial charge >= 0.3 is 0 Å². The molecule has 10 heteroatoms. The topological polar surface area (TPSA) is 115 Å². The van der Waals surface area contributed by atoms with Crippen LogP contribution >= 0.6 is 23.4 Å². The van der Waals surface area contributed by atoms with Crippen molar-refractivity contribution in [1.82, 2.24) is 20.3 Å². The van der Waals surface area contributed by atoms with Crippen molar-refractivity contribution >= 4 is 46.9 Å². The Bertz CT molecular complexity index is 1040. The Morgan fingerprint density at radius 3 is 2.71 bits per heavy atom. The second-order valence-electron chi connectivity index (χ2n) is 6.43. The first-order valence-electron chi connectivity index (χ1n) is 9.53. The van der Waals surface area contributed by atoms with Crippen LogP contribution in [-0.4, -0.2) is 33.7 Å². The lowest BCUT2D eigenvalue weighted by Crippen LogP contribution is -2.23. The molecule has 0 bridgehead atoms. The minimum absolute atomic E-state index is 0.0406. The Morgan fingerprint density at radius 2 is 1.90 bits per heavy atom. The fourth-order valence-electron chi connectivity index (χ4n) is 2.68. The van der Waals surface area contributed by atoms with Crippen LogP contribution in [0.1, 0.15) is 17.8 Å². The van der Waals surface area contributed by atoms with Crippen LogP contribution < -0.4 is 21.1 Å². The van der Waals surface area contributed by atoms with E-state index in [-0.39, 0.29) is 11.9 Å². The van der Waals surface area contributed by atoms with E-state index in [9.17, 15) is 4.79 Å². The summed E-state index contributed by atoms with van der Waals surface area (Å²) in [6.45, 7) is 0.408. The Labute approximate surface area is 190 Å². The van der Waals surface area contributed by atoms with E-state index in [0.29, 0.717) is 47.0 Å². The van der Waals surface area contributed by atoms with Crippen LogP contribution in [0.25, 0.3) is 0 Å². The number of nitrogens with one attached hydrogen (secondary N) is 2. The van der Waals surface area contributed by atoms with Gasteiger partial charge in [0.05, 0.1) is 18.6 Å². The standard InChI is InChI=1S/C21H23ClN6O2S/c1-30-17-9-5-4-8-16(17)25-21-27-18(26-20(23)28-21)13-31-11-10-19(29)24-12-14-6-2-3-7-15(14)22/h2-9H,10-13H2,1H3,(H,24,29)(H3,23,25,26,27,28). The maximum atomic E-state index is 12.1. The molecule has 1 heterocycles. The smallest absolute Gasteiger partial charge is 0.232 e. The Balaban J connectivity index is 1.47. The first-order valence-corrected chi connectivity index (χ1v) is 11.1. The number of hydrogen-bond acceptors (Lipinski definition) is 8. The molecule has 0 fully saturated rings. The third-order valence-corrected chi connectivity index (χ3v) is 5.51. The van der Waals surface area contributed by atoms with Crippen molar-refractivity contribution < 1.29 is 9.53 Å². The number of benzene rings is 2. The normalized spacial score (nSPS) is 10.5. The summed E-state index contributed by atoms with van der Waals surface area (Å²) in [5.74, 6) is 2.75. The van der Waals surface area contributed by atoms with Crippen LogP contribution in [0.4, 0.5) is 17.6 Å². The highest BCUT2D eigenvalue weighted by Gasteiger charge is 2.09. The number of nitrogens with zero attached hydrogens (tertiary/aromatic N) is 3. The highest BCUT2D eigenvalue weighted by Crippen LogP contribution is 2.26. The van der Waals surface area contributed by atoms with E-state index in [1.54, 1.807) is 24.9 Å². The number of carbonyl (C=O) groups is 1. The van der Waals surface area contributed by atoms with Gasteiger partial charge in [0.25, 0.3) is 0 Å². The third kappa shape index (κ3) is 7.01. The molecule has 0 spiro atoms. The van der Waals surface area contributed by atoms with Crippen LogP contribution in [0.5, 0.6) is 5.75 Å². The van der Waals surface area contributed by atoms with Crippen molar-refractivity contribution in [3.63, 3.8) is 0 Å². The Kier molecular flexibility index (Phi) is 8.31. The molecular formula is C21H23ClN6O2S. The number of nitrogens with two attached hydrogens (primary N) is 1. The van der Waals surface area contributed by atoms with Crippen molar-refractivity contribution in [3.05, 3.63) is 64.9 Å². The summed E-state index contributed by atoms with van der Waals surface area (Å²) in [5.41, 5.74) is 7.44. The van der Waals surface area contributed by atoms with E-state index in [1.807, 2.05) is 42.5 Å². The van der Waals surface area contributed by atoms with Gasteiger partial charge < -0.3 is 21.1 Å². The zero-order valence-corrected chi connectivity index (χ0v) is 18.5. The number of amides is 1. The van der Waals surface area contributed by atoms with Crippen LogP contribution in [0, 0.1) is 0 Å². The molecule has 4 N–H and O–H groups in total. The maximum Gasteiger partial charge on any atom is 0.232 e. The maximum absolute atomic E-state index is 12.1. The van der Waals surface area contributed by atoms with Gasteiger partial charge in [-0.25, -0.2) is 0 Å². The van der Waals surface area contributed by atoms with Gasteiger partial charge in [0.2, 0.25) is 17.8 Å². The predicted molar refractivity (Wildman–Crippen MR) is 125 cm³/mol. The number of rotatable bonds is 10. The second kappa shape index (κ2) is 11.4. The van der Waals surface area contributed by atoms with Gasteiger partial charge in [0.15, 0.2) is 0 Å². The van der Waals surface area contributed by atoms with E-state index in [1.165, 1.54) is 0 Å². The summed E-state index contributed by atoms with van der Waals surface area (Å²) in [6, 6.07) is 14.9. The highest BCUT2D eigenvalue weighted by molar-refractivity contribution is 7.98. The molecule has 8 nitrogen and oxygen atoms in total. The number of hydrogen-bond donors (Lipinski definition) is 3. The number of halogens is 1. The lowest BCUT2D eigenvalue weighted by Gasteiger charge is -2.10. The molecule has 162 valence electrons. The summed E-state index contributed by atoms with van der Waals surface area (Å²) in [6.07, 6.45) is 0.377. The first-order chi connectivity index (χ1) is 15.0. The number of ether oxygens (including phenoxy) is 1. The van der Waals surface area contributed by atoms with Gasteiger partial charge in [-0.1, -0.05) is 41.9 Å². The number of anilines is 3. The third-order valence-electron chi connectivity index (χ3n) is 4.19. The van der Waals surface area contributed by atoms with E-state index >= 15 is 0 Å². The van der Waals surface area contributed by atoms with Gasteiger partial charge in [0, 0.05) is 23.7 Å². The summed E-state index contributed by atoms with van der Waals surface area (Å²) in [4.78, 5) is 24.8. The predicted octanol–water partition coefficient (Wildman–Crippen LogP) is 3.80. The number of carbonyl (C=O) groups excluding carboxylic acids is 1. The molecule has 0 atom stereocenters. The lowest BCUT2D eigenvalue weighted by atomic mass is 10.2. The molecule has 0 aliphatic rings. The van der Waals surface area contributed by atoms with Gasteiger partial charge in [0.1, 0.15) is 11.6 Å². The van der Waals surface area contributed by atoms with E-state index in [2.05, 4.69) is 25.6 Å². The summed E-state index contributed by atoms with van der Waals surface area (Å²) in [5, 5.41) is 6.61. The zero-order valence-electron chi connectivity index (χ0n) is 17.0. The molecule has 0 aliphatic heterocycles. The summed E-state index contributed by atoms with van der Waals surface area (Å²) >= 11 is 7.64. The lowest BCUT2D eigenvalue weighted by molar-refractivity contribution is -0.120. The van der Waals surface area contributed by atoms with Crippen LogP contribution in [0.2, 0.25) is 5.02 Å². The molecule has 0 aliphatic carbocycles. The average Bonchev–Trinajstić information content (AvgIpc) is 2.76. The molecule has 2 aromatic carbocycles. The number of aromatic nitrogens is 3. The number of nitrogen functional groups attached to an aromatic ring is 1. The van der Waals surface area contributed by atoms with Crippen molar-refractivity contribution in [2.75, 3.05) is 23.9 Å². The minimum atomic E-state index is -0.0406. The fourth-order valence-corrected chi connectivity index (χ4v) is 3.67. The molecule has 31 heavy (non-hydrogen) atoms. The van der Waals surface area contributed by atoms with Gasteiger partial charge in [-0.3, -0.25) is 4.79 Å². The Hall–Kier alpha value is -3.04. The molecule has 0 saturated carbocycles. The average molecular weight is 459 g/mol. The van der Waals surface area contributed by atoms with Crippen molar-refractivity contribution in [3.8, 4) is 5.75 Å². The van der Waals surface area contributed by atoms with Gasteiger partial charge in [-0.2, -0.15) is 26.7 Å². The highest BCUT2D eigenvalue weighted by atomic mass is 35.5. The molecule has 3 rings (SSSR count). The summed E-state index contributed by atoms with van der Waals surface area (Å²) in [7, 11) is 1.59. The first kappa shape index (κ1) is 22.6. The molecule has 3 aromatic rings. The molecule has 1 aromatic heterocycles. The van der Waals surface area contributed by atoms with Gasteiger partial charge in [-0.15, -0.1) is 0 Å². The van der Waals surface area contributed by atoms with Crippen LogP contribution in [0.15, 0.2) is 48.5 Å². The van der Waals surface area contributed by atoms with E-state index in [0.717, 1.165) is 11.3 Å². The second-order valence-corrected chi connectivity index (χ2v) is 7.94. The Morgan fingerprint density at radius 1 is 1.13 bits per heavy atom. The quantitative estimate of drug-likeness (QED) is 0.393. The van der Waals surface area contributed by atoms with Gasteiger partial charge in [-0.05, 0) is 23.8 Å².